The molecule has 2 aromatic rings. The van der Waals surface area contributed by atoms with Crippen LogP contribution in [0.15, 0.2) is 41.8 Å². The molecule has 20 heavy (non-hydrogen) atoms. The summed E-state index contributed by atoms with van der Waals surface area (Å²) in [6, 6.07) is 9.90. The first-order valence-corrected chi connectivity index (χ1v) is 6.96. The first-order valence-electron chi connectivity index (χ1n) is 6.08. The molecule has 1 aromatic heterocycles. The Bertz CT molecular complexity index is 692. The van der Waals surface area contributed by atoms with Gasteiger partial charge in [-0.3, -0.25) is 0 Å². The summed E-state index contributed by atoms with van der Waals surface area (Å²) >= 11 is 1.48. The number of para-hydroxylation sites is 1. The van der Waals surface area contributed by atoms with E-state index in [2.05, 4.69) is 11.1 Å². The zero-order valence-corrected chi connectivity index (χ0v) is 12.1. The smallest absolute Gasteiger partial charge is 0.134 e. The fourth-order valence-corrected chi connectivity index (χ4v) is 2.46. The highest BCUT2D eigenvalue weighted by Crippen LogP contribution is 2.21. The molecular weight excluding hydrogens is 268 g/mol. The highest BCUT2D eigenvalue weighted by molar-refractivity contribution is 7.10. The van der Waals surface area contributed by atoms with Gasteiger partial charge in [-0.25, -0.2) is 4.98 Å². The van der Waals surface area contributed by atoms with E-state index >= 15 is 0 Å². The molecule has 1 aromatic carbocycles. The molecule has 0 atom stereocenters. The summed E-state index contributed by atoms with van der Waals surface area (Å²) in [5, 5.41) is 11.9. The van der Waals surface area contributed by atoms with Gasteiger partial charge in [0.2, 0.25) is 0 Å². The van der Waals surface area contributed by atoms with E-state index in [0.29, 0.717) is 5.57 Å². The number of allylic oxidation sites excluding steroid dienone is 3. The van der Waals surface area contributed by atoms with Crippen molar-refractivity contribution in [1.82, 2.24) is 4.98 Å². The minimum Gasteiger partial charge on any atom is -0.496 e. The Morgan fingerprint density at radius 2 is 2.20 bits per heavy atom. The van der Waals surface area contributed by atoms with Crippen molar-refractivity contribution in [3.63, 3.8) is 0 Å². The predicted molar refractivity (Wildman–Crippen MR) is 82.5 cm³/mol. The average molecular weight is 282 g/mol. The molecule has 0 unspecified atom stereocenters. The zero-order valence-electron chi connectivity index (χ0n) is 11.3. The number of methoxy groups -OCH3 is 1. The topological polar surface area (TPSA) is 45.9 Å². The van der Waals surface area contributed by atoms with Crippen molar-refractivity contribution in [3.05, 3.63) is 58.1 Å². The molecule has 0 aliphatic heterocycles. The molecule has 4 heteroatoms. The van der Waals surface area contributed by atoms with E-state index in [-0.39, 0.29) is 0 Å². The molecule has 0 saturated heterocycles. The minimum absolute atomic E-state index is 0.564. The Kier molecular flexibility index (Phi) is 4.70. The molecule has 0 spiro atoms. The fourth-order valence-electron chi connectivity index (χ4n) is 1.69. The average Bonchev–Trinajstić information content (AvgIpc) is 2.90. The number of aromatic nitrogens is 1. The van der Waals surface area contributed by atoms with Crippen LogP contribution in [0.2, 0.25) is 0 Å². The number of rotatable bonds is 4. The van der Waals surface area contributed by atoms with Gasteiger partial charge in [0, 0.05) is 16.6 Å². The van der Waals surface area contributed by atoms with Crippen LogP contribution in [0.5, 0.6) is 5.75 Å². The van der Waals surface area contributed by atoms with Gasteiger partial charge in [0.05, 0.1) is 12.7 Å². The van der Waals surface area contributed by atoms with E-state index in [4.69, 9.17) is 4.74 Å². The molecule has 0 N–H and O–H groups in total. The van der Waals surface area contributed by atoms with E-state index < -0.39 is 0 Å². The highest BCUT2D eigenvalue weighted by atomic mass is 32.1. The Hall–Kier alpha value is -2.38. The largest absolute Gasteiger partial charge is 0.496 e. The lowest BCUT2D eigenvalue weighted by molar-refractivity contribution is 0.414. The normalized spacial score (nSPS) is 11.6. The van der Waals surface area contributed by atoms with Gasteiger partial charge in [0.25, 0.3) is 0 Å². The first kappa shape index (κ1) is 14.0. The molecule has 0 fully saturated rings. The summed E-state index contributed by atoms with van der Waals surface area (Å²) < 4.78 is 5.27. The van der Waals surface area contributed by atoms with Crippen LogP contribution in [-0.2, 0) is 0 Å². The maximum atomic E-state index is 9.18. The van der Waals surface area contributed by atoms with E-state index in [1.807, 2.05) is 48.7 Å². The van der Waals surface area contributed by atoms with Gasteiger partial charge in [0.1, 0.15) is 16.8 Å². The number of hydrogen-bond acceptors (Lipinski definition) is 4. The highest BCUT2D eigenvalue weighted by Gasteiger charge is 2.03. The van der Waals surface area contributed by atoms with Crippen molar-refractivity contribution in [2.45, 2.75) is 6.92 Å². The van der Waals surface area contributed by atoms with Crippen molar-refractivity contribution in [2.75, 3.05) is 7.11 Å². The third-order valence-electron chi connectivity index (χ3n) is 2.65. The monoisotopic (exact) mass is 282 g/mol. The molecule has 0 radical (unpaired) electrons. The number of thiazole rings is 1. The van der Waals surface area contributed by atoms with Crippen molar-refractivity contribution in [3.8, 4) is 11.8 Å². The summed E-state index contributed by atoms with van der Waals surface area (Å²) in [6.45, 7) is 1.92. The fraction of sp³-hybridized carbons (Fsp3) is 0.125. The Balaban J connectivity index is 2.23. The molecule has 0 saturated carbocycles. The zero-order chi connectivity index (χ0) is 14.4. The molecular formula is C16H14N2OS. The van der Waals surface area contributed by atoms with E-state index in [9.17, 15) is 5.26 Å². The van der Waals surface area contributed by atoms with Gasteiger partial charge in [0.15, 0.2) is 0 Å². The van der Waals surface area contributed by atoms with Gasteiger partial charge in [-0.2, -0.15) is 5.26 Å². The molecule has 0 amide bonds. The first-order chi connectivity index (χ1) is 9.74. The summed E-state index contributed by atoms with van der Waals surface area (Å²) in [7, 11) is 1.64. The summed E-state index contributed by atoms with van der Waals surface area (Å²) in [4.78, 5) is 4.31. The van der Waals surface area contributed by atoms with Crippen LogP contribution >= 0.6 is 11.3 Å². The Morgan fingerprint density at radius 1 is 1.40 bits per heavy atom. The van der Waals surface area contributed by atoms with E-state index in [0.717, 1.165) is 22.0 Å². The quantitative estimate of drug-likeness (QED) is 0.627. The second-order valence-electron chi connectivity index (χ2n) is 4.09. The SMILES string of the molecule is COc1ccccc1C=CC=C(C#N)c1nc(C)cs1. The van der Waals surface area contributed by atoms with Crippen LogP contribution in [0.3, 0.4) is 0 Å². The molecule has 0 aliphatic carbocycles. The van der Waals surface area contributed by atoms with Crippen molar-refractivity contribution in [1.29, 1.82) is 5.26 Å². The summed E-state index contributed by atoms with van der Waals surface area (Å²) in [6.07, 6.45) is 5.52. The number of hydrogen-bond donors (Lipinski definition) is 0. The Morgan fingerprint density at radius 3 is 2.85 bits per heavy atom. The molecule has 2 rings (SSSR count). The van der Waals surface area contributed by atoms with Crippen LogP contribution in [-0.4, -0.2) is 12.1 Å². The van der Waals surface area contributed by atoms with Gasteiger partial charge in [-0.15, -0.1) is 11.3 Å². The van der Waals surface area contributed by atoms with Crippen molar-refractivity contribution in [2.24, 2.45) is 0 Å². The third-order valence-corrected chi connectivity index (χ3v) is 3.64. The van der Waals surface area contributed by atoms with Crippen molar-refractivity contribution < 1.29 is 4.74 Å². The maximum absolute atomic E-state index is 9.18. The van der Waals surface area contributed by atoms with Gasteiger partial charge >= 0.3 is 0 Å². The lowest BCUT2D eigenvalue weighted by atomic mass is 10.1. The maximum Gasteiger partial charge on any atom is 0.134 e. The molecule has 0 bridgehead atoms. The second kappa shape index (κ2) is 6.69. The number of nitrogens with zero attached hydrogens (tertiary/aromatic N) is 2. The minimum atomic E-state index is 0.564. The molecule has 1 heterocycles. The lowest BCUT2D eigenvalue weighted by Crippen LogP contribution is -1.85. The Labute approximate surface area is 122 Å². The van der Waals surface area contributed by atoms with Crippen LogP contribution in [0.4, 0.5) is 0 Å². The lowest BCUT2D eigenvalue weighted by Gasteiger charge is -2.02. The number of benzene rings is 1. The molecule has 3 nitrogen and oxygen atoms in total. The van der Waals surface area contributed by atoms with Gasteiger partial charge in [-0.05, 0) is 19.1 Å². The number of nitriles is 1. The van der Waals surface area contributed by atoms with E-state index in [1.165, 1.54) is 11.3 Å². The number of aryl methyl sites for hydroxylation is 1. The van der Waals surface area contributed by atoms with Gasteiger partial charge in [-0.1, -0.05) is 30.4 Å². The van der Waals surface area contributed by atoms with E-state index in [1.54, 1.807) is 13.2 Å². The summed E-state index contributed by atoms with van der Waals surface area (Å²) in [5.74, 6) is 0.806. The van der Waals surface area contributed by atoms with Crippen LogP contribution < -0.4 is 4.74 Å². The van der Waals surface area contributed by atoms with Crippen LogP contribution in [0.25, 0.3) is 11.6 Å². The molecule has 0 aliphatic rings. The van der Waals surface area contributed by atoms with Crippen LogP contribution in [0.1, 0.15) is 16.3 Å². The van der Waals surface area contributed by atoms with Crippen molar-refractivity contribution >= 4 is 23.0 Å². The predicted octanol–water partition coefficient (Wildman–Crippen LogP) is 4.08. The second-order valence-corrected chi connectivity index (χ2v) is 4.95. The standard InChI is InChI=1S/C16H14N2OS/c1-12-11-20-16(18-12)14(10-17)8-5-7-13-6-3-4-9-15(13)19-2/h3-9,11H,1-2H3. The third kappa shape index (κ3) is 3.34. The number of ether oxygens (including phenoxy) is 1. The summed E-state index contributed by atoms with van der Waals surface area (Å²) in [5.41, 5.74) is 2.47. The van der Waals surface area contributed by atoms with Gasteiger partial charge < -0.3 is 4.74 Å². The molecule has 100 valence electrons. The van der Waals surface area contributed by atoms with Crippen LogP contribution in [0, 0.1) is 18.3 Å².